The number of hydrogen-bond donors (Lipinski definition) is 0. The van der Waals surface area contributed by atoms with Crippen molar-refractivity contribution in [2.24, 2.45) is 5.92 Å². The molecule has 1 aromatic rings. The maximum atomic E-state index is 11.2. The van der Waals surface area contributed by atoms with Crippen LogP contribution >= 0.6 is 10.7 Å². The Morgan fingerprint density at radius 3 is 2.41 bits per heavy atom. The number of benzene rings is 1. The molecule has 92 valence electrons. The van der Waals surface area contributed by atoms with Crippen LogP contribution in [0.1, 0.15) is 17.9 Å². The van der Waals surface area contributed by atoms with Crippen LogP contribution in [0, 0.1) is 5.92 Å². The summed E-state index contributed by atoms with van der Waals surface area (Å²) < 4.78 is 26.7. The Hall–Kier alpha value is -1.07. The molecule has 0 bridgehead atoms. The number of esters is 1. The van der Waals surface area contributed by atoms with Crippen LogP contribution in [0.3, 0.4) is 0 Å². The van der Waals surface area contributed by atoms with Crippen molar-refractivity contribution in [2.75, 3.05) is 7.11 Å². The number of carbonyl (C=O) groups excluding carboxylic acids is 1. The van der Waals surface area contributed by atoms with Crippen molar-refractivity contribution in [3.63, 3.8) is 0 Å². The van der Waals surface area contributed by atoms with Gasteiger partial charge in [-0.15, -0.1) is 0 Å². The second-order valence-electron chi connectivity index (χ2n) is 3.98. The van der Waals surface area contributed by atoms with Crippen LogP contribution in [-0.4, -0.2) is 21.5 Å². The highest BCUT2D eigenvalue weighted by molar-refractivity contribution is 8.13. The van der Waals surface area contributed by atoms with Crippen molar-refractivity contribution < 1.29 is 17.9 Å². The third-order valence-electron chi connectivity index (χ3n) is 2.88. The summed E-state index contributed by atoms with van der Waals surface area (Å²) in [4.78, 5) is 11.3. The van der Waals surface area contributed by atoms with E-state index in [4.69, 9.17) is 10.7 Å². The molecule has 6 heteroatoms. The zero-order valence-corrected chi connectivity index (χ0v) is 10.7. The Labute approximate surface area is 104 Å². The van der Waals surface area contributed by atoms with Gasteiger partial charge in [-0.1, -0.05) is 12.1 Å². The fraction of sp³-hybridized carbons (Fsp3) is 0.364. The van der Waals surface area contributed by atoms with Crippen molar-refractivity contribution in [2.45, 2.75) is 17.2 Å². The summed E-state index contributed by atoms with van der Waals surface area (Å²) in [5, 5.41) is 0. The van der Waals surface area contributed by atoms with Gasteiger partial charge < -0.3 is 4.74 Å². The van der Waals surface area contributed by atoms with Gasteiger partial charge in [0.2, 0.25) is 0 Å². The van der Waals surface area contributed by atoms with Gasteiger partial charge in [0.25, 0.3) is 9.05 Å². The molecule has 1 aromatic carbocycles. The molecule has 17 heavy (non-hydrogen) atoms. The highest BCUT2D eigenvalue weighted by Gasteiger charge is 2.44. The third kappa shape index (κ3) is 2.61. The molecule has 0 N–H and O–H groups in total. The minimum Gasteiger partial charge on any atom is -0.469 e. The molecular formula is C11H11ClO4S. The van der Waals surface area contributed by atoms with E-state index in [0.717, 1.165) is 12.0 Å². The SMILES string of the molecule is COC(=O)C1CC1c1ccc(S(=O)(=O)Cl)cc1. The van der Waals surface area contributed by atoms with Crippen LogP contribution in [0.2, 0.25) is 0 Å². The molecule has 0 radical (unpaired) electrons. The number of methoxy groups -OCH3 is 1. The molecule has 1 aliphatic rings. The van der Waals surface area contributed by atoms with E-state index in [2.05, 4.69) is 4.74 Å². The summed E-state index contributed by atoms with van der Waals surface area (Å²) in [5.41, 5.74) is 0.935. The second kappa shape index (κ2) is 4.31. The lowest BCUT2D eigenvalue weighted by atomic mass is 10.1. The number of carbonyl (C=O) groups is 1. The number of hydrogen-bond acceptors (Lipinski definition) is 4. The minimum atomic E-state index is -3.68. The summed E-state index contributed by atoms with van der Waals surface area (Å²) in [6.07, 6.45) is 0.750. The molecular weight excluding hydrogens is 264 g/mol. The molecule has 0 heterocycles. The highest BCUT2D eigenvalue weighted by atomic mass is 35.7. The van der Waals surface area contributed by atoms with Gasteiger partial charge in [0.15, 0.2) is 0 Å². The molecule has 1 saturated carbocycles. The van der Waals surface area contributed by atoms with Gasteiger partial charge in [0.05, 0.1) is 17.9 Å². The maximum absolute atomic E-state index is 11.2. The average molecular weight is 275 g/mol. The molecule has 0 aromatic heterocycles. The number of rotatable bonds is 3. The molecule has 4 nitrogen and oxygen atoms in total. The van der Waals surface area contributed by atoms with Gasteiger partial charge in [-0.05, 0) is 30.0 Å². The van der Waals surface area contributed by atoms with Gasteiger partial charge in [-0.3, -0.25) is 4.79 Å². The summed E-state index contributed by atoms with van der Waals surface area (Å²) in [6.45, 7) is 0. The molecule has 1 fully saturated rings. The average Bonchev–Trinajstić information content (AvgIpc) is 3.07. The standard InChI is InChI=1S/C11H11ClO4S/c1-16-11(13)10-6-9(10)7-2-4-8(5-3-7)17(12,14)15/h2-5,9-10H,6H2,1H3. The van der Waals surface area contributed by atoms with E-state index < -0.39 is 9.05 Å². The van der Waals surface area contributed by atoms with E-state index in [0.29, 0.717) is 0 Å². The van der Waals surface area contributed by atoms with E-state index in [1.54, 1.807) is 12.1 Å². The Balaban J connectivity index is 2.14. The van der Waals surface area contributed by atoms with Crippen LogP contribution in [0.5, 0.6) is 0 Å². The van der Waals surface area contributed by atoms with E-state index in [-0.39, 0.29) is 22.7 Å². The summed E-state index contributed by atoms with van der Waals surface area (Å²) >= 11 is 0. The van der Waals surface area contributed by atoms with E-state index in [1.807, 2.05) is 0 Å². The van der Waals surface area contributed by atoms with Crippen molar-refractivity contribution in [1.29, 1.82) is 0 Å². The van der Waals surface area contributed by atoms with Crippen LogP contribution in [0.4, 0.5) is 0 Å². The van der Waals surface area contributed by atoms with Crippen molar-refractivity contribution in [1.82, 2.24) is 0 Å². The summed E-state index contributed by atoms with van der Waals surface area (Å²) in [7, 11) is 2.89. The zero-order chi connectivity index (χ0) is 12.6. The van der Waals surface area contributed by atoms with Gasteiger partial charge in [0.1, 0.15) is 0 Å². The summed E-state index contributed by atoms with van der Waals surface area (Å²) in [5.74, 6) is -0.183. The van der Waals surface area contributed by atoms with Crippen LogP contribution < -0.4 is 0 Å². The molecule has 2 rings (SSSR count). The van der Waals surface area contributed by atoms with Crippen LogP contribution in [-0.2, 0) is 18.6 Å². The zero-order valence-electron chi connectivity index (χ0n) is 9.09. The Morgan fingerprint density at radius 1 is 1.35 bits per heavy atom. The van der Waals surface area contributed by atoms with Gasteiger partial charge >= 0.3 is 5.97 Å². The topological polar surface area (TPSA) is 60.4 Å². The fourth-order valence-electron chi connectivity index (χ4n) is 1.85. The highest BCUT2D eigenvalue weighted by Crippen LogP contribution is 2.48. The van der Waals surface area contributed by atoms with Crippen LogP contribution in [0.25, 0.3) is 0 Å². The monoisotopic (exact) mass is 274 g/mol. The smallest absolute Gasteiger partial charge is 0.309 e. The molecule has 2 unspecified atom stereocenters. The Bertz CT molecular complexity index is 535. The predicted molar refractivity (Wildman–Crippen MR) is 62.3 cm³/mol. The molecule has 0 amide bonds. The van der Waals surface area contributed by atoms with Crippen molar-refractivity contribution in [3.8, 4) is 0 Å². The molecule has 0 aliphatic heterocycles. The van der Waals surface area contributed by atoms with Crippen LogP contribution in [0.15, 0.2) is 29.2 Å². The van der Waals surface area contributed by atoms with Gasteiger partial charge in [0, 0.05) is 10.7 Å². The maximum Gasteiger partial charge on any atom is 0.309 e. The molecule has 0 saturated heterocycles. The Kier molecular flexibility index (Phi) is 3.14. The van der Waals surface area contributed by atoms with Crippen molar-refractivity contribution >= 4 is 25.7 Å². The first-order valence-corrected chi connectivity index (χ1v) is 7.37. The quantitative estimate of drug-likeness (QED) is 0.624. The predicted octanol–water partition coefficient (Wildman–Crippen LogP) is 1.89. The van der Waals surface area contributed by atoms with E-state index in [1.165, 1.54) is 19.2 Å². The van der Waals surface area contributed by atoms with Gasteiger partial charge in [-0.2, -0.15) is 0 Å². The largest absolute Gasteiger partial charge is 0.469 e. The summed E-state index contributed by atoms with van der Waals surface area (Å²) in [6, 6.07) is 6.26. The first-order valence-electron chi connectivity index (χ1n) is 5.06. The van der Waals surface area contributed by atoms with Crippen molar-refractivity contribution in [3.05, 3.63) is 29.8 Å². The fourth-order valence-corrected chi connectivity index (χ4v) is 2.62. The third-order valence-corrected chi connectivity index (χ3v) is 4.25. The molecule has 1 aliphatic carbocycles. The lowest BCUT2D eigenvalue weighted by Gasteiger charge is -2.01. The lowest BCUT2D eigenvalue weighted by Crippen LogP contribution is -2.03. The molecule has 0 spiro atoms. The second-order valence-corrected chi connectivity index (χ2v) is 6.54. The van der Waals surface area contributed by atoms with E-state index >= 15 is 0 Å². The normalized spacial score (nSPS) is 23.2. The first-order chi connectivity index (χ1) is 7.93. The minimum absolute atomic E-state index is 0.0678. The Morgan fingerprint density at radius 2 is 1.94 bits per heavy atom. The molecule has 2 atom stereocenters. The number of ether oxygens (including phenoxy) is 1. The lowest BCUT2D eigenvalue weighted by molar-refractivity contribution is -0.142. The van der Waals surface area contributed by atoms with E-state index in [9.17, 15) is 13.2 Å². The number of halogens is 1. The first kappa shape index (κ1) is 12.4. The van der Waals surface area contributed by atoms with Gasteiger partial charge in [-0.25, -0.2) is 8.42 Å².